The van der Waals surface area contributed by atoms with Crippen LogP contribution in [0.1, 0.15) is 47.0 Å². The molecular formula is C12H22INO. The molecular weight excluding hydrogens is 301 g/mol. The van der Waals surface area contributed by atoms with E-state index in [1.807, 2.05) is 0 Å². The summed E-state index contributed by atoms with van der Waals surface area (Å²) < 4.78 is 0.149. The summed E-state index contributed by atoms with van der Waals surface area (Å²) in [6.07, 6.45) is 3.41. The lowest BCUT2D eigenvalue weighted by molar-refractivity contribution is -0.133. The molecule has 88 valence electrons. The first-order chi connectivity index (χ1) is 6.99. The summed E-state index contributed by atoms with van der Waals surface area (Å²) in [6, 6.07) is 0.877. The van der Waals surface area contributed by atoms with Gasteiger partial charge in [0.25, 0.3) is 0 Å². The molecule has 0 aromatic heterocycles. The number of hydrogen-bond acceptors (Lipinski definition) is 1. The predicted octanol–water partition coefficient (Wildman–Crippen LogP) is 3.24. The molecule has 0 aromatic rings. The molecule has 0 spiro atoms. The molecule has 0 aromatic carbocycles. The molecule has 1 aliphatic heterocycles. The van der Waals surface area contributed by atoms with Gasteiger partial charge >= 0.3 is 0 Å². The van der Waals surface area contributed by atoms with E-state index in [-0.39, 0.29) is 3.92 Å². The van der Waals surface area contributed by atoms with Crippen molar-refractivity contribution in [3.05, 3.63) is 0 Å². The summed E-state index contributed by atoms with van der Waals surface area (Å²) in [5.74, 6) is 0.834. The topological polar surface area (TPSA) is 20.3 Å². The maximum atomic E-state index is 12.3. The Balaban J connectivity index is 2.66. The molecule has 1 amide bonds. The number of nitrogens with zero attached hydrogens (tertiary/aromatic N) is 1. The van der Waals surface area contributed by atoms with Gasteiger partial charge in [-0.15, -0.1) is 0 Å². The van der Waals surface area contributed by atoms with Crippen LogP contribution in [0, 0.1) is 5.92 Å². The van der Waals surface area contributed by atoms with Gasteiger partial charge < -0.3 is 4.90 Å². The average molecular weight is 323 g/mol. The van der Waals surface area contributed by atoms with Gasteiger partial charge in [0.05, 0.1) is 3.92 Å². The summed E-state index contributed by atoms with van der Waals surface area (Å²) in [5, 5.41) is 0. The third-order valence-electron chi connectivity index (χ3n) is 3.59. The van der Waals surface area contributed by atoms with Crippen molar-refractivity contribution in [2.45, 2.75) is 63.0 Å². The van der Waals surface area contributed by atoms with Crippen molar-refractivity contribution in [2.75, 3.05) is 0 Å². The van der Waals surface area contributed by atoms with Gasteiger partial charge in [0.2, 0.25) is 5.91 Å². The maximum Gasteiger partial charge on any atom is 0.236 e. The van der Waals surface area contributed by atoms with E-state index in [1.54, 1.807) is 0 Å². The number of likely N-dealkylation sites (tertiary alicyclic amines) is 1. The number of halogens is 1. The van der Waals surface area contributed by atoms with Crippen molar-refractivity contribution in [1.82, 2.24) is 4.90 Å². The van der Waals surface area contributed by atoms with E-state index in [2.05, 4.69) is 55.2 Å². The molecule has 1 saturated heterocycles. The minimum absolute atomic E-state index is 0.149. The second kappa shape index (κ2) is 5.51. The quantitative estimate of drug-likeness (QED) is 0.577. The second-order valence-electron chi connectivity index (χ2n) is 4.81. The Hall–Kier alpha value is 0.200. The first kappa shape index (κ1) is 13.3. The van der Waals surface area contributed by atoms with Crippen molar-refractivity contribution >= 4 is 28.5 Å². The van der Waals surface area contributed by atoms with E-state index < -0.39 is 0 Å². The van der Waals surface area contributed by atoms with Crippen LogP contribution in [-0.4, -0.2) is 26.8 Å². The molecule has 0 bridgehead atoms. The third kappa shape index (κ3) is 2.86. The molecule has 1 fully saturated rings. The number of amides is 1. The van der Waals surface area contributed by atoms with E-state index in [4.69, 9.17) is 0 Å². The highest BCUT2D eigenvalue weighted by Crippen LogP contribution is 2.28. The molecule has 0 saturated carbocycles. The van der Waals surface area contributed by atoms with Crippen LogP contribution >= 0.6 is 22.6 Å². The summed E-state index contributed by atoms with van der Waals surface area (Å²) in [4.78, 5) is 14.4. The van der Waals surface area contributed by atoms with Crippen LogP contribution in [0.15, 0.2) is 0 Å². The SMILES string of the molecule is CCC(C)C(I)C(=O)N1C(C)CC[C@H]1C. The van der Waals surface area contributed by atoms with Crippen LogP contribution in [0.3, 0.4) is 0 Å². The van der Waals surface area contributed by atoms with E-state index in [9.17, 15) is 4.79 Å². The van der Waals surface area contributed by atoms with Crippen molar-refractivity contribution in [3.8, 4) is 0 Å². The van der Waals surface area contributed by atoms with E-state index in [0.717, 1.165) is 19.3 Å². The van der Waals surface area contributed by atoms with E-state index in [1.165, 1.54) is 0 Å². The molecule has 0 aliphatic carbocycles. The van der Waals surface area contributed by atoms with Crippen molar-refractivity contribution in [3.63, 3.8) is 0 Å². The predicted molar refractivity (Wildman–Crippen MR) is 72.3 cm³/mol. The largest absolute Gasteiger partial charge is 0.336 e. The third-order valence-corrected chi connectivity index (χ3v) is 5.35. The normalized spacial score (nSPS) is 30.3. The molecule has 1 rings (SSSR count). The maximum absolute atomic E-state index is 12.3. The van der Waals surface area contributed by atoms with Crippen LogP contribution in [0.4, 0.5) is 0 Å². The Kier molecular flexibility index (Phi) is 4.87. The minimum Gasteiger partial charge on any atom is -0.336 e. The molecule has 4 atom stereocenters. The van der Waals surface area contributed by atoms with E-state index >= 15 is 0 Å². The molecule has 1 heterocycles. The number of carbonyl (C=O) groups excluding carboxylic acids is 1. The number of carbonyl (C=O) groups is 1. The van der Waals surface area contributed by atoms with Gasteiger partial charge in [-0.2, -0.15) is 0 Å². The molecule has 15 heavy (non-hydrogen) atoms. The highest BCUT2D eigenvalue weighted by atomic mass is 127. The molecule has 2 nitrogen and oxygen atoms in total. The smallest absolute Gasteiger partial charge is 0.236 e. The van der Waals surface area contributed by atoms with Crippen LogP contribution in [0.25, 0.3) is 0 Å². The van der Waals surface area contributed by atoms with Gasteiger partial charge in [-0.25, -0.2) is 0 Å². The zero-order valence-corrected chi connectivity index (χ0v) is 12.3. The highest BCUT2D eigenvalue weighted by Gasteiger charge is 2.35. The molecule has 0 radical (unpaired) electrons. The lowest BCUT2D eigenvalue weighted by Crippen LogP contribution is -2.44. The van der Waals surface area contributed by atoms with Gasteiger partial charge in [-0.3, -0.25) is 4.79 Å². The van der Waals surface area contributed by atoms with Crippen LogP contribution in [0.2, 0.25) is 0 Å². The van der Waals surface area contributed by atoms with Crippen molar-refractivity contribution < 1.29 is 4.79 Å². The minimum atomic E-state index is 0.149. The second-order valence-corrected chi connectivity index (χ2v) is 6.15. The molecule has 3 heteroatoms. The highest BCUT2D eigenvalue weighted by molar-refractivity contribution is 14.1. The zero-order valence-electron chi connectivity index (χ0n) is 10.2. The van der Waals surface area contributed by atoms with Gasteiger partial charge in [0.15, 0.2) is 0 Å². The number of hydrogen-bond donors (Lipinski definition) is 0. The van der Waals surface area contributed by atoms with Crippen molar-refractivity contribution in [1.29, 1.82) is 0 Å². The van der Waals surface area contributed by atoms with Gasteiger partial charge in [0.1, 0.15) is 0 Å². The Bertz CT molecular complexity index is 222. The first-order valence-corrected chi connectivity index (χ1v) is 7.19. The summed E-state index contributed by atoms with van der Waals surface area (Å²) in [5.41, 5.74) is 0. The molecule has 1 aliphatic rings. The van der Waals surface area contributed by atoms with Gasteiger partial charge in [-0.05, 0) is 32.6 Å². The van der Waals surface area contributed by atoms with Crippen LogP contribution in [0.5, 0.6) is 0 Å². The van der Waals surface area contributed by atoms with Crippen molar-refractivity contribution in [2.24, 2.45) is 5.92 Å². The zero-order chi connectivity index (χ0) is 11.6. The fourth-order valence-electron chi connectivity index (χ4n) is 2.22. The number of rotatable bonds is 3. The summed E-state index contributed by atoms with van der Waals surface area (Å²) in [7, 11) is 0. The van der Waals surface area contributed by atoms with E-state index in [0.29, 0.717) is 23.9 Å². The van der Waals surface area contributed by atoms with Crippen LogP contribution < -0.4 is 0 Å². The lowest BCUT2D eigenvalue weighted by Gasteiger charge is -2.30. The Labute approximate surface area is 107 Å². The van der Waals surface area contributed by atoms with Gasteiger partial charge in [0, 0.05) is 12.1 Å². The standard InChI is InChI=1S/C12H22INO/c1-5-8(2)11(13)12(15)14-9(3)6-7-10(14)4/h8-11H,5-7H2,1-4H3/t8?,9-,10?,11?/m1/s1. The average Bonchev–Trinajstić information content (AvgIpc) is 2.55. The Morgan fingerprint density at radius 3 is 2.27 bits per heavy atom. The first-order valence-electron chi connectivity index (χ1n) is 5.95. The van der Waals surface area contributed by atoms with Crippen LogP contribution in [-0.2, 0) is 4.79 Å². The summed E-state index contributed by atoms with van der Waals surface area (Å²) in [6.45, 7) is 8.66. The molecule has 3 unspecified atom stereocenters. The molecule has 0 N–H and O–H groups in total. The fourth-order valence-corrected chi connectivity index (χ4v) is 3.05. The summed E-state index contributed by atoms with van der Waals surface area (Å²) >= 11 is 2.31. The number of alkyl halides is 1. The fraction of sp³-hybridized carbons (Fsp3) is 0.917. The monoisotopic (exact) mass is 323 g/mol. The lowest BCUT2D eigenvalue weighted by atomic mass is 10.0. The Morgan fingerprint density at radius 1 is 1.40 bits per heavy atom. The Morgan fingerprint density at radius 2 is 1.87 bits per heavy atom. The van der Waals surface area contributed by atoms with Gasteiger partial charge in [-0.1, -0.05) is 42.9 Å².